The molecule has 1 aliphatic heterocycles. The van der Waals surface area contributed by atoms with Crippen molar-refractivity contribution >= 4 is 17.3 Å². The van der Waals surface area contributed by atoms with Gasteiger partial charge in [-0.25, -0.2) is 4.79 Å². The molecular formula is C14H18N2O5. The monoisotopic (exact) mass is 294 g/mol. The van der Waals surface area contributed by atoms with Crippen LogP contribution in [0.2, 0.25) is 0 Å². The van der Waals surface area contributed by atoms with E-state index >= 15 is 0 Å². The quantitative estimate of drug-likeness (QED) is 0.650. The SMILES string of the molecule is O=C(O)c1cccc(N2CCCCCC2CO)c1[N+](=O)[O-]. The largest absolute Gasteiger partial charge is 0.477 e. The average Bonchev–Trinajstić information content (AvgIpc) is 2.71. The molecule has 0 spiro atoms. The third-order valence-electron chi connectivity index (χ3n) is 3.83. The lowest BCUT2D eigenvalue weighted by Crippen LogP contribution is -2.38. The molecule has 1 fully saturated rings. The van der Waals surface area contributed by atoms with E-state index in [0.717, 1.165) is 25.7 Å². The number of hydrogen-bond donors (Lipinski definition) is 2. The number of para-hydroxylation sites is 1. The van der Waals surface area contributed by atoms with E-state index in [4.69, 9.17) is 5.11 Å². The van der Waals surface area contributed by atoms with Crippen molar-refractivity contribution in [2.45, 2.75) is 31.7 Å². The predicted molar refractivity (Wildman–Crippen MR) is 76.7 cm³/mol. The van der Waals surface area contributed by atoms with E-state index < -0.39 is 16.6 Å². The first kappa shape index (κ1) is 15.2. The fourth-order valence-corrected chi connectivity index (χ4v) is 2.81. The van der Waals surface area contributed by atoms with Gasteiger partial charge in [0, 0.05) is 6.54 Å². The summed E-state index contributed by atoms with van der Waals surface area (Å²) in [5, 5.41) is 30.0. The molecule has 1 unspecified atom stereocenters. The third-order valence-corrected chi connectivity index (χ3v) is 3.83. The number of hydrogen-bond acceptors (Lipinski definition) is 5. The molecule has 1 aromatic rings. The van der Waals surface area contributed by atoms with Crippen LogP contribution in [-0.2, 0) is 0 Å². The number of carboxylic acids is 1. The molecule has 7 heteroatoms. The average molecular weight is 294 g/mol. The van der Waals surface area contributed by atoms with E-state index in [2.05, 4.69) is 0 Å². The van der Waals surface area contributed by atoms with Gasteiger partial charge in [0.1, 0.15) is 11.3 Å². The Labute approximate surface area is 122 Å². The fourth-order valence-electron chi connectivity index (χ4n) is 2.81. The van der Waals surface area contributed by atoms with Gasteiger partial charge in [-0.1, -0.05) is 18.9 Å². The number of carbonyl (C=O) groups is 1. The molecule has 1 aromatic carbocycles. The Balaban J connectivity index is 2.53. The summed E-state index contributed by atoms with van der Waals surface area (Å²) in [5.74, 6) is -1.32. The summed E-state index contributed by atoms with van der Waals surface area (Å²) in [6, 6.07) is 4.08. The molecule has 0 aromatic heterocycles. The summed E-state index contributed by atoms with van der Waals surface area (Å²) in [6.07, 6.45) is 3.56. The van der Waals surface area contributed by atoms with Crippen LogP contribution in [0.5, 0.6) is 0 Å². The minimum absolute atomic E-state index is 0.103. The zero-order valence-corrected chi connectivity index (χ0v) is 11.6. The van der Waals surface area contributed by atoms with Crippen molar-refractivity contribution in [1.82, 2.24) is 0 Å². The van der Waals surface area contributed by atoms with E-state index in [-0.39, 0.29) is 23.9 Å². The van der Waals surface area contributed by atoms with Gasteiger partial charge in [-0.3, -0.25) is 10.1 Å². The molecule has 0 saturated carbocycles. The maximum absolute atomic E-state index is 11.3. The molecule has 0 aliphatic carbocycles. The normalized spacial score (nSPS) is 19.1. The van der Waals surface area contributed by atoms with Gasteiger partial charge in [-0.2, -0.15) is 0 Å². The molecule has 114 valence electrons. The minimum atomic E-state index is -1.32. The number of rotatable bonds is 4. The summed E-state index contributed by atoms with van der Waals surface area (Å²) in [5.41, 5.74) is -0.440. The third kappa shape index (κ3) is 3.13. The molecule has 1 aliphatic rings. The molecule has 2 rings (SSSR count). The Morgan fingerprint density at radius 3 is 2.76 bits per heavy atom. The highest BCUT2D eigenvalue weighted by Crippen LogP contribution is 2.35. The molecule has 1 saturated heterocycles. The van der Waals surface area contributed by atoms with Crippen LogP contribution in [0.4, 0.5) is 11.4 Å². The van der Waals surface area contributed by atoms with Gasteiger partial charge < -0.3 is 15.1 Å². The topological polar surface area (TPSA) is 104 Å². The van der Waals surface area contributed by atoms with E-state index in [9.17, 15) is 20.0 Å². The number of nitro groups is 1. The number of aliphatic hydroxyl groups is 1. The summed E-state index contributed by atoms with van der Waals surface area (Å²) in [6.45, 7) is 0.476. The van der Waals surface area contributed by atoms with Crippen molar-refractivity contribution in [3.63, 3.8) is 0 Å². The first-order valence-corrected chi connectivity index (χ1v) is 6.94. The van der Waals surface area contributed by atoms with Crippen molar-refractivity contribution in [3.05, 3.63) is 33.9 Å². The zero-order valence-electron chi connectivity index (χ0n) is 11.6. The lowest BCUT2D eigenvalue weighted by molar-refractivity contribution is -0.384. The Hall–Kier alpha value is -2.15. The number of nitrogens with zero attached hydrogens (tertiary/aromatic N) is 2. The van der Waals surface area contributed by atoms with Crippen LogP contribution >= 0.6 is 0 Å². The maximum Gasteiger partial charge on any atom is 0.342 e. The van der Waals surface area contributed by atoms with Crippen LogP contribution in [0.3, 0.4) is 0 Å². The number of carboxylic acid groups (broad SMARTS) is 1. The van der Waals surface area contributed by atoms with Gasteiger partial charge in [0.25, 0.3) is 0 Å². The highest BCUT2D eigenvalue weighted by atomic mass is 16.6. The molecule has 21 heavy (non-hydrogen) atoms. The van der Waals surface area contributed by atoms with E-state index in [1.165, 1.54) is 12.1 Å². The molecular weight excluding hydrogens is 276 g/mol. The van der Waals surface area contributed by atoms with Gasteiger partial charge in [0.15, 0.2) is 0 Å². The van der Waals surface area contributed by atoms with Gasteiger partial charge in [-0.05, 0) is 25.0 Å². The number of benzene rings is 1. The summed E-state index contributed by atoms with van der Waals surface area (Å²) < 4.78 is 0. The second-order valence-electron chi connectivity index (χ2n) is 5.11. The van der Waals surface area contributed by atoms with E-state index in [0.29, 0.717) is 6.54 Å². The number of aliphatic hydroxyl groups excluding tert-OH is 1. The lowest BCUT2D eigenvalue weighted by atomic mass is 10.1. The highest BCUT2D eigenvalue weighted by Gasteiger charge is 2.30. The molecule has 1 heterocycles. The standard InChI is InChI=1S/C14H18N2O5/c17-9-10-5-2-1-3-8-15(10)12-7-4-6-11(14(18)19)13(12)16(20)21/h4,6-7,10,17H,1-3,5,8-9H2,(H,18,19). The van der Waals surface area contributed by atoms with Gasteiger partial charge in [-0.15, -0.1) is 0 Å². The van der Waals surface area contributed by atoms with Crippen LogP contribution in [-0.4, -0.2) is 40.3 Å². The Bertz CT molecular complexity index is 546. The Kier molecular flexibility index (Phi) is 4.74. The summed E-state index contributed by atoms with van der Waals surface area (Å²) in [7, 11) is 0. The van der Waals surface area contributed by atoms with Crippen molar-refractivity contribution in [1.29, 1.82) is 0 Å². The first-order valence-electron chi connectivity index (χ1n) is 6.94. The molecule has 0 radical (unpaired) electrons. The van der Waals surface area contributed by atoms with Gasteiger partial charge in [0.2, 0.25) is 0 Å². The maximum atomic E-state index is 11.3. The molecule has 7 nitrogen and oxygen atoms in total. The number of aromatic carboxylic acids is 1. The Morgan fingerprint density at radius 2 is 2.14 bits per heavy atom. The Morgan fingerprint density at radius 1 is 1.38 bits per heavy atom. The number of anilines is 1. The second-order valence-corrected chi connectivity index (χ2v) is 5.11. The van der Waals surface area contributed by atoms with Crippen LogP contribution in [0.1, 0.15) is 36.0 Å². The van der Waals surface area contributed by atoms with Crippen LogP contribution in [0.25, 0.3) is 0 Å². The van der Waals surface area contributed by atoms with Crippen LogP contribution in [0, 0.1) is 10.1 Å². The van der Waals surface area contributed by atoms with E-state index in [1.807, 2.05) is 0 Å². The molecule has 1 atom stereocenters. The molecule has 0 bridgehead atoms. The van der Waals surface area contributed by atoms with Gasteiger partial charge in [0.05, 0.1) is 17.6 Å². The van der Waals surface area contributed by atoms with Crippen LogP contribution < -0.4 is 4.90 Å². The summed E-state index contributed by atoms with van der Waals surface area (Å²) in [4.78, 5) is 23.7. The zero-order chi connectivity index (χ0) is 15.4. The summed E-state index contributed by atoms with van der Waals surface area (Å²) >= 11 is 0. The molecule has 0 amide bonds. The highest BCUT2D eigenvalue weighted by molar-refractivity contribution is 5.95. The predicted octanol–water partition coefficient (Wildman–Crippen LogP) is 2.03. The minimum Gasteiger partial charge on any atom is -0.477 e. The fraction of sp³-hybridized carbons (Fsp3) is 0.500. The number of nitro benzene ring substituents is 1. The smallest absolute Gasteiger partial charge is 0.342 e. The molecule has 2 N–H and O–H groups in total. The van der Waals surface area contributed by atoms with Gasteiger partial charge >= 0.3 is 11.7 Å². The van der Waals surface area contributed by atoms with Crippen molar-refractivity contribution < 1.29 is 19.9 Å². The van der Waals surface area contributed by atoms with Crippen molar-refractivity contribution in [3.8, 4) is 0 Å². The van der Waals surface area contributed by atoms with Crippen molar-refractivity contribution in [2.24, 2.45) is 0 Å². The first-order chi connectivity index (χ1) is 10.1. The van der Waals surface area contributed by atoms with Crippen LogP contribution in [0.15, 0.2) is 18.2 Å². The van der Waals surface area contributed by atoms with E-state index in [1.54, 1.807) is 11.0 Å². The van der Waals surface area contributed by atoms with Crippen molar-refractivity contribution in [2.75, 3.05) is 18.1 Å². The second kappa shape index (κ2) is 6.53. The lowest BCUT2D eigenvalue weighted by Gasteiger charge is -2.30.